The molecule has 0 saturated carbocycles. The van der Waals surface area contributed by atoms with Gasteiger partial charge >= 0.3 is 0 Å². The molecule has 0 radical (unpaired) electrons. The van der Waals surface area contributed by atoms with Gasteiger partial charge in [-0.25, -0.2) is 4.98 Å². The Morgan fingerprint density at radius 3 is 2.76 bits per heavy atom. The van der Waals surface area contributed by atoms with Crippen LogP contribution < -0.4 is 10.2 Å². The summed E-state index contributed by atoms with van der Waals surface area (Å²) < 4.78 is 0. The van der Waals surface area contributed by atoms with Crippen LogP contribution in [0.1, 0.15) is 35.7 Å². The number of hydrogen-bond donors (Lipinski definition) is 2. The van der Waals surface area contributed by atoms with Crippen LogP contribution in [0.4, 0.5) is 11.5 Å². The number of aromatic nitrogens is 1. The van der Waals surface area contributed by atoms with Gasteiger partial charge in [0.2, 0.25) is 0 Å². The molecule has 4 rings (SSSR count). The Morgan fingerprint density at radius 2 is 2.00 bits per heavy atom. The molecule has 1 aliphatic rings. The number of pyridine rings is 1. The van der Waals surface area contributed by atoms with Crippen LogP contribution in [0.25, 0.3) is 10.9 Å². The van der Waals surface area contributed by atoms with Gasteiger partial charge in [0.15, 0.2) is 0 Å². The van der Waals surface area contributed by atoms with Gasteiger partial charge in [0.25, 0.3) is 5.91 Å². The number of para-hydroxylation sites is 1. The van der Waals surface area contributed by atoms with Crippen LogP contribution in [0.5, 0.6) is 0 Å². The molecule has 5 nitrogen and oxygen atoms in total. The zero-order valence-electron chi connectivity index (χ0n) is 16.8. The number of aryl methyl sites for hydroxylation is 1. The molecule has 1 unspecified atom stereocenters. The van der Waals surface area contributed by atoms with Crippen molar-refractivity contribution >= 4 is 28.3 Å². The normalized spacial score (nSPS) is 16.8. The molecular formula is C24H27N3O2. The van der Waals surface area contributed by atoms with Gasteiger partial charge in [-0.2, -0.15) is 0 Å². The topological polar surface area (TPSA) is 65.5 Å². The first kappa shape index (κ1) is 19.4. The summed E-state index contributed by atoms with van der Waals surface area (Å²) >= 11 is 0. The smallest absolute Gasteiger partial charge is 0.256 e. The minimum absolute atomic E-state index is 0.134. The number of carbonyl (C=O) groups is 1. The maximum atomic E-state index is 13.1. The van der Waals surface area contributed by atoms with Crippen LogP contribution in [0.15, 0.2) is 54.6 Å². The van der Waals surface area contributed by atoms with Gasteiger partial charge in [-0.15, -0.1) is 0 Å². The number of aliphatic hydroxyl groups excluding tert-OH is 1. The Balaban J connectivity index is 1.67. The fourth-order valence-electron chi connectivity index (χ4n) is 3.96. The summed E-state index contributed by atoms with van der Waals surface area (Å²) in [6.45, 7) is 3.95. The molecule has 1 atom stereocenters. The number of fused-ring (bicyclic) bond motifs is 1. The lowest BCUT2D eigenvalue weighted by atomic mass is 9.98. The molecule has 1 aliphatic heterocycles. The monoisotopic (exact) mass is 389 g/mol. The summed E-state index contributed by atoms with van der Waals surface area (Å²) in [7, 11) is 0. The lowest BCUT2D eigenvalue weighted by Gasteiger charge is -2.33. The average molecular weight is 389 g/mol. The molecule has 1 amide bonds. The van der Waals surface area contributed by atoms with Crippen molar-refractivity contribution in [1.82, 2.24) is 4.98 Å². The fraction of sp³-hybridized carbons (Fsp3) is 0.333. The van der Waals surface area contributed by atoms with Gasteiger partial charge in [0.1, 0.15) is 5.82 Å². The first-order chi connectivity index (χ1) is 14.2. The van der Waals surface area contributed by atoms with Crippen molar-refractivity contribution in [2.75, 3.05) is 29.9 Å². The molecule has 2 aromatic carbocycles. The molecule has 5 heteroatoms. The minimum atomic E-state index is -0.134. The zero-order valence-corrected chi connectivity index (χ0v) is 16.8. The fourth-order valence-corrected chi connectivity index (χ4v) is 3.96. The highest BCUT2D eigenvalue weighted by atomic mass is 16.3. The van der Waals surface area contributed by atoms with E-state index in [4.69, 9.17) is 4.98 Å². The second kappa shape index (κ2) is 8.62. The highest BCUT2D eigenvalue weighted by Crippen LogP contribution is 2.27. The number of carbonyl (C=O) groups excluding carboxylic acids is 1. The van der Waals surface area contributed by atoms with E-state index < -0.39 is 0 Å². The molecular weight excluding hydrogens is 362 g/mol. The summed E-state index contributed by atoms with van der Waals surface area (Å²) in [6.07, 6.45) is 3.02. The number of anilines is 2. The molecule has 0 spiro atoms. The van der Waals surface area contributed by atoms with Crippen LogP contribution in [0.3, 0.4) is 0 Å². The van der Waals surface area contributed by atoms with Gasteiger partial charge in [-0.1, -0.05) is 37.3 Å². The van der Waals surface area contributed by atoms with Crippen LogP contribution >= 0.6 is 0 Å². The number of nitrogens with one attached hydrogen (secondary N) is 1. The predicted molar refractivity (Wildman–Crippen MR) is 118 cm³/mol. The van der Waals surface area contributed by atoms with Crippen molar-refractivity contribution in [3.05, 3.63) is 65.7 Å². The Bertz CT molecular complexity index is 1000. The third kappa shape index (κ3) is 4.25. The molecule has 1 aromatic heterocycles. The van der Waals surface area contributed by atoms with Crippen LogP contribution in [0.2, 0.25) is 0 Å². The summed E-state index contributed by atoms with van der Waals surface area (Å²) in [5.74, 6) is 0.921. The highest BCUT2D eigenvalue weighted by molar-refractivity contribution is 6.13. The van der Waals surface area contributed by atoms with Gasteiger partial charge in [0.05, 0.1) is 11.1 Å². The number of amides is 1. The lowest BCUT2D eigenvalue weighted by Crippen LogP contribution is -2.37. The Morgan fingerprint density at radius 1 is 1.21 bits per heavy atom. The number of piperidine rings is 1. The van der Waals surface area contributed by atoms with Crippen molar-refractivity contribution in [3.8, 4) is 0 Å². The number of nitrogens with zero attached hydrogens (tertiary/aromatic N) is 2. The number of hydrogen-bond acceptors (Lipinski definition) is 4. The van der Waals surface area contributed by atoms with Gasteiger partial charge in [-0.3, -0.25) is 4.79 Å². The first-order valence-electron chi connectivity index (χ1n) is 10.3. The molecule has 3 aromatic rings. The van der Waals surface area contributed by atoms with E-state index in [0.29, 0.717) is 5.56 Å². The quantitative estimate of drug-likeness (QED) is 0.684. The van der Waals surface area contributed by atoms with Crippen molar-refractivity contribution < 1.29 is 9.90 Å². The van der Waals surface area contributed by atoms with E-state index in [1.54, 1.807) is 0 Å². The van der Waals surface area contributed by atoms with Crippen molar-refractivity contribution in [1.29, 1.82) is 0 Å². The second-order valence-electron chi connectivity index (χ2n) is 7.69. The average Bonchev–Trinajstić information content (AvgIpc) is 2.78. The highest BCUT2D eigenvalue weighted by Gasteiger charge is 2.22. The third-order valence-electron chi connectivity index (χ3n) is 5.67. The van der Waals surface area contributed by atoms with Crippen molar-refractivity contribution in [2.24, 2.45) is 5.92 Å². The maximum Gasteiger partial charge on any atom is 0.256 e. The Labute approximate surface area is 171 Å². The van der Waals surface area contributed by atoms with E-state index in [1.165, 1.54) is 5.56 Å². The molecule has 0 bridgehead atoms. The van der Waals surface area contributed by atoms with Gasteiger partial charge in [-0.05, 0) is 55.0 Å². The van der Waals surface area contributed by atoms with E-state index in [9.17, 15) is 9.90 Å². The van der Waals surface area contributed by atoms with E-state index in [1.807, 2.05) is 54.6 Å². The standard InChI is InChI=1S/C24H27N3O2/c1-2-17-9-11-19(12-10-17)25-24(29)21-14-23(26-22-8-4-3-7-20(21)22)27-13-5-6-18(15-27)16-28/h3-4,7-12,14,18,28H,2,5-6,13,15-16H2,1H3,(H,25,29). The van der Waals surface area contributed by atoms with Crippen molar-refractivity contribution in [3.63, 3.8) is 0 Å². The minimum Gasteiger partial charge on any atom is -0.396 e. The molecule has 1 fully saturated rings. The summed E-state index contributed by atoms with van der Waals surface area (Å²) in [5, 5.41) is 13.4. The molecule has 150 valence electrons. The molecule has 2 N–H and O–H groups in total. The predicted octanol–water partition coefficient (Wildman–Crippen LogP) is 4.26. The number of rotatable bonds is 5. The van der Waals surface area contributed by atoms with E-state index in [2.05, 4.69) is 17.1 Å². The van der Waals surface area contributed by atoms with Crippen LogP contribution in [-0.4, -0.2) is 35.7 Å². The second-order valence-corrected chi connectivity index (χ2v) is 7.69. The molecule has 1 saturated heterocycles. The number of benzene rings is 2. The summed E-state index contributed by atoms with van der Waals surface area (Å²) in [4.78, 5) is 20.1. The SMILES string of the molecule is CCc1ccc(NC(=O)c2cc(N3CCCC(CO)C3)nc3ccccc23)cc1. The van der Waals surface area contributed by atoms with Crippen LogP contribution in [0, 0.1) is 5.92 Å². The van der Waals surface area contributed by atoms with Crippen molar-refractivity contribution in [2.45, 2.75) is 26.2 Å². The van der Waals surface area contributed by atoms with E-state index in [0.717, 1.165) is 54.8 Å². The summed E-state index contributed by atoms with van der Waals surface area (Å²) in [6, 6.07) is 17.6. The van der Waals surface area contributed by atoms with Crippen LogP contribution in [-0.2, 0) is 6.42 Å². The zero-order chi connectivity index (χ0) is 20.2. The van der Waals surface area contributed by atoms with Gasteiger partial charge in [0, 0.05) is 30.8 Å². The lowest BCUT2D eigenvalue weighted by molar-refractivity contribution is 0.102. The van der Waals surface area contributed by atoms with E-state index in [-0.39, 0.29) is 18.4 Å². The maximum absolute atomic E-state index is 13.1. The molecule has 2 heterocycles. The Hall–Kier alpha value is -2.92. The summed E-state index contributed by atoms with van der Waals surface area (Å²) in [5.41, 5.74) is 3.45. The number of aliphatic hydroxyl groups is 1. The third-order valence-corrected chi connectivity index (χ3v) is 5.67. The molecule has 29 heavy (non-hydrogen) atoms. The Kier molecular flexibility index (Phi) is 5.76. The molecule has 0 aliphatic carbocycles. The first-order valence-corrected chi connectivity index (χ1v) is 10.3. The van der Waals surface area contributed by atoms with E-state index >= 15 is 0 Å². The largest absolute Gasteiger partial charge is 0.396 e. The van der Waals surface area contributed by atoms with Gasteiger partial charge < -0.3 is 15.3 Å².